The van der Waals surface area contributed by atoms with E-state index in [1.54, 1.807) is 0 Å². The van der Waals surface area contributed by atoms with Crippen molar-refractivity contribution in [3.63, 3.8) is 0 Å². The van der Waals surface area contributed by atoms with Crippen LogP contribution in [0.25, 0.3) is 10.9 Å². The second-order valence-electron chi connectivity index (χ2n) is 5.89. The number of rotatable bonds is 5. The van der Waals surface area contributed by atoms with E-state index in [1.165, 1.54) is 12.8 Å². The van der Waals surface area contributed by atoms with Gasteiger partial charge in [-0.3, -0.25) is 4.68 Å². The van der Waals surface area contributed by atoms with Crippen molar-refractivity contribution in [3.05, 3.63) is 59.2 Å². The Bertz CT molecular complexity index is 775. The van der Waals surface area contributed by atoms with Gasteiger partial charge in [0.25, 0.3) is 0 Å². The topological polar surface area (TPSA) is 27.1 Å². The number of nitrogens with zero attached hydrogens (tertiary/aromatic N) is 2. The Labute approximate surface area is 134 Å². The molecule has 1 saturated carbocycles. The number of aromatic nitrogens is 2. The van der Waals surface area contributed by atoms with Gasteiger partial charge in [-0.05, 0) is 43.0 Å². The maximum Gasteiger partial charge on any atom is 0.124 e. The Hall–Kier alpha value is -2.00. The van der Waals surface area contributed by atoms with Gasteiger partial charge in [-0.2, -0.15) is 5.10 Å². The minimum atomic E-state index is 0.662. The largest absolute Gasteiger partial charge is 0.493 e. The van der Waals surface area contributed by atoms with Crippen molar-refractivity contribution in [1.82, 2.24) is 9.78 Å². The number of halogens is 1. The summed E-state index contributed by atoms with van der Waals surface area (Å²) in [5.74, 6) is 1.65. The van der Waals surface area contributed by atoms with Crippen LogP contribution in [-0.2, 0) is 6.54 Å². The third kappa shape index (κ3) is 2.95. The first-order chi connectivity index (χ1) is 10.8. The van der Waals surface area contributed by atoms with Crippen molar-refractivity contribution in [3.8, 4) is 5.75 Å². The quantitative estimate of drug-likeness (QED) is 0.692. The van der Waals surface area contributed by atoms with Gasteiger partial charge in [0.2, 0.25) is 0 Å². The Morgan fingerprint density at radius 3 is 2.86 bits per heavy atom. The molecular formula is C18H17ClN2O. The zero-order chi connectivity index (χ0) is 14.9. The van der Waals surface area contributed by atoms with Crippen LogP contribution in [0.4, 0.5) is 0 Å². The molecule has 3 nitrogen and oxygen atoms in total. The number of hydrogen-bond acceptors (Lipinski definition) is 2. The molecule has 1 aromatic heterocycles. The van der Waals surface area contributed by atoms with Gasteiger partial charge in [0.1, 0.15) is 5.75 Å². The first kappa shape index (κ1) is 13.6. The molecule has 0 atom stereocenters. The summed E-state index contributed by atoms with van der Waals surface area (Å²) in [7, 11) is 0. The molecule has 0 radical (unpaired) electrons. The maximum absolute atomic E-state index is 6.15. The molecule has 0 amide bonds. The monoisotopic (exact) mass is 312 g/mol. The van der Waals surface area contributed by atoms with Crippen LogP contribution in [0.15, 0.2) is 48.7 Å². The van der Waals surface area contributed by atoms with Crippen LogP contribution in [0.1, 0.15) is 18.4 Å². The minimum absolute atomic E-state index is 0.662. The molecule has 4 rings (SSSR count). The molecule has 1 heterocycles. The molecule has 0 unspecified atom stereocenters. The highest BCUT2D eigenvalue weighted by molar-refractivity contribution is 6.30. The van der Waals surface area contributed by atoms with Gasteiger partial charge in [0, 0.05) is 22.2 Å². The molecule has 0 saturated heterocycles. The predicted octanol–water partition coefficient (Wildman–Crippen LogP) is 4.53. The molecule has 2 aromatic carbocycles. The standard InChI is InChI=1S/C18H17ClN2O/c19-16-7-8-18(22-12-13-5-6-13)15(9-16)11-21-10-14-3-1-2-4-17(14)20-21/h1-4,7-10,13H,5-6,11-12H2. The van der Waals surface area contributed by atoms with E-state index in [0.717, 1.165) is 39.8 Å². The molecule has 3 aromatic rings. The van der Waals surface area contributed by atoms with Gasteiger partial charge in [-0.1, -0.05) is 29.8 Å². The summed E-state index contributed by atoms with van der Waals surface area (Å²) in [6.07, 6.45) is 4.63. The van der Waals surface area contributed by atoms with E-state index in [9.17, 15) is 0 Å². The zero-order valence-corrected chi connectivity index (χ0v) is 13.0. The lowest BCUT2D eigenvalue weighted by Gasteiger charge is -2.12. The van der Waals surface area contributed by atoms with E-state index >= 15 is 0 Å². The Kier molecular flexibility index (Phi) is 3.51. The average Bonchev–Trinajstić information content (AvgIpc) is 3.25. The number of benzene rings is 2. The van der Waals surface area contributed by atoms with Crippen LogP contribution in [0, 0.1) is 5.92 Å². The first-order valence-corrected chi connectivity index (χ1v) is 7.99. The van der Waals surface area contributed by atoms with Crippen LogP contribution in [0.2, 0.25) is 5.02 Å². The molecule has 0 aliphatic heterocycles. The fourth-order valence-electron chi connectivity index (χ4n) is 2.58. The Morgan fingerprint density at radius 1 is 1.18 bits per heavy atom. The van der Waals surface area contributed by atoms with E-state index < -0.39 is 0 Å². The van der Waals surface area contributed by atoms with Crippen LogP contribution in [0.3, 0.4) is 0 Å². The third-order valence-electron chi connectivity index (χ3n) is 3.99. The zero-order valence-electron chi connectivity index (χ0n) is 12.2. The summed E-state index contributed by atoms with van der Waals surface area (Å²) >= 11 is 6.15. The fraction of sp³-hybridized carbons (Fsp3) is 0.278. The van der Waals surface area contributed by atoms with Crippen molar-refractivity contribution >= 4 is 22.5 Å². The highest BCUT2D eigenvalue weighted by Crippen LogP contribution is 2.31. The van der Waals surface area contributed by atoms with Crippen LogP contribution in [-0.4, -0.2) is 16.4 Å². The number of fused-ring (bicyclic) bond motifs is 1. The molecule has 22 heavy (non-hydrogen) atoms. The molecule has 0 spiro atoms. The highest BCUT2D eigenvalue weighted by Gasteiger charge is 2.22. The van der Waals surface area contributed by atoms with Gasteiger partial charge >= 0.3 is 0 Å². The fourth-order valence-corrected chi connectivity index (χ4v) is 2.77. The predicted molar refractivity (Wildman–Crippen MR) is 88.5 cm³/mol. The van der Waals surface area contributed by atoms with Gasteiger partial charge < -0.3 is 4.74 Å². The molecule has 0 N–H and O–H groups in total. The Balaban J connectivity index is 1.60. The van der Waals surface area contributed by atoms with E-state index in [4.69, 9.17) is 16.3 Å². The molecule has 4 heteroatoms. The third-order valence-corrected chi connectivity index (χ3v) is 4.22. The molecule has 0 bridgehead atoms. The van der Waals surface area contributed by atoms with Crippen molar-refractivity contribution in [2.75, 3.05) is 6.61 Å². The normalized spacial score (nSPS) is 14.4. The van der Waals surface area contributed by atoms with Crippen LogP contribution >= 0.6 is 11.6 Å². The SMILES string of the molecule is Clc1ccc(OCC2CC2)c(Cn2cc3ccccc3n2)c1. The molecule has 1 aliphatic carbocycles. The lowest BCUT2D eigenvalue weighted by molar-refractivity contribution is 0.296. The van der Waals surface area contributed by atoms with Gasteiger partial charge in [-0.25, -0.2) is 0 Å². The van der Waals surface area contributed by atoms with Crippen LogP contribution < -0.4 is 4.74 Å². The lowest BCUT2D eigenvalue weighted by atomic mass is 10.2. The van der Waals surface area contributed by atoms with E-state index in [2.05, 4.69) is 17.4 Å². The molecule has 1 fully saturated rings. The summed E-state index contributed by atoms with van der Waals surface area (Å²) in [5, 5.41) is 6.48. The van der Waals surface area contributed by atoms with Crippen LogP contribution in [0.5, 0.6) is 5.75 Å². The molecular weight excluding hydrogens is 296 g/mol. The van der Waals surface area contributed by atoms with Crippen molar-refractivity contribution in [2.24, 2.45) is 5.92 Å². The van der Waals surface area contributed by atoms with E-state index in [0.29, 0.717) is 6.54 Å². The smallest absolute Gasteiger partial charge is 0.124 e. The van der Waals surface area contributed by atoms with Crippen molar-refractivity contribution in [2.45, 2.75) is 19.4 Å². The number of hydrogen-bond donors (Lipinski definition) is 0. The van der Waals surface area contributed by atoms with Crippen molar-refractivity contribution < 1.29 is 4.74 Å². The first-order valence-electron chi connectivity index (χ1n) is 7.61. The highest BCUT2D eigenvalue weighted by atomic mass is 35.5. The minimum Gasteiger partial charge on any atom is -0.493 e. The van der Waals surface area contributed by atoms with Gasteiger partial charge in [-0.15, -0.1) is 0 Å². The molecule has 1 aliphatic rings. The van der Waals surface area contributed by atoms with E-state index in [-0.39, 0.29) is 0 Å². The van der Waals surface area contributed by atoms with E-state index in [1.807, 2.05) is 41.1 Å². The summed E-state index contributed by atoms with van der Waals surface area (Å²) in [6.45, 7) is 1.46. The second-order valence-corrected chi connectivity index (χ2v) is 6.33. The van der Waals surface area contributed by atoms with Crippen molar-refractivity contribution in [1.29, 1.82) is 0 Å². The van der Waals surface area contributed by atoms with Gasteiger partial charge in [0.05, 0.1) is 18.7 Å². The summed E-state index contributed by atoms with van der Waals surface area (Å²) < 4.78 is 7.91. The summed E-state index contributed by atoms with van der Waals surface area (Å²) in [4.78, 5) is 0. The number of ether oxygens (including phenoxy) is 1. The average molecular weight is 313 g/mol. The maximum atomic E-state index is 6.15. The lowest BCUT2D eigenvalue weighted by Crippen LogP contribution is -2.05. The summed E-state index contributed by atoms with van der Waals surface area (Å²) in [5.41, 5.74) is 2.07. The Morgan fingerprint density at radius 2 is 2.05 bits per heavy atom. The molecule has 112 valence electrons. The summed E-state index contributed by atoms with van der Waals surface area (Å²) in [6, 6.07) is 13.9. The van der Waals surface area contributed by atoms with Gasteiger partial charge in [0.15, 0.2) is 0 Å². The second kappa shape index (κ2) is 5.65.